The van der Waals surface area contributed by atoms with E-state index in [0.29, 0.717) is 12.2 Å². The molecule has 0 aliphatic carbocycles. The van der Waals surface area contributed by atoms with Crippen molar-refractivity contribution in [1.29, 1.82) is 0 Å². The fourth-order valence-electron chi connectivity index (χ4n) is 4.39. The second kappa shape index (κ2) is 13.0. The number of ether oxygens (including phenoxy) is 2. The number of rotatable bonds is 11. The van der Waals surface area contributed by atoms with Crippen molar-refractivity contribution in [2.24, 2.45) is 0 Å². The van der Waals surface area contributed by atoms with Gasteiger partial charge in [-0.2, -0.15) is 0 Å². The van der Waals surface area contributed by atoms with Gasteiger partial charge in [-0.05, 0) is 88.5 Å². The molecular formula is C25H40N2O3. The minimum absolute atomic E-state index is 0.194. The molecule has 0 amide bonds. The van der Waals surface area contributed by atoms with Crippen LogP contribution in [0, 0.1) is 0 Å². The van der Waals surface area contributed by atoms with Crippen LogP contribution in [0.4, 0.5) is 0 Å². The van der Waals surface area contributed by atoms with Gasteiger partial charge in [0.25, 0.3) is 0 Å². The highest BCUT2D eigenvalue weighted by Crippen LogP contribution is 2.21. The van der Waals surface area contributed by atoms with Gasteiger partial charge in [-0.1, -0.05) is 26.2 Å². The van der Waals surface area contributed by atoms with Gasteiger partial charge in [0.05, 0.1) is 12.2 Å². The van der Waals surface area contributed by atoms with Crippen LogP contribution in [-0.4, -0.2) is 68.3 Å². The van der Waals surface area contributed by atoms with Crippen molar-refractivity contribution in [3.63, 3.8) is 0 Å². The van der Waals surface area contributed by atoms with Crippen molar-refractivity contribution in [2.45, 2.75) is 64.7 Å². The average Bonchev–Trinajstić information content (AvgIpc) is 2.79. The van der Waals surface area contributed by atoms with E-state index in [1.165, 1.54) is 51.6 Å². The summed E-state index contributed by atoms with van der Waals surface area (Å²) < 4.78 is 11.6. The number of likely N-dealkylation sites (tertiary alicyclic amines) is 2. The van der Waals surface area contributed by atoms with Crippen LogP contribution in [0.1, 0.15) is 74.2 Å². The molecule has 3 rings (SSSR count). The van der Waals surface area contributed by atoms with Crippen molar-refractivity contribution in [2.75, 3.05) is 52.5 Å². The van der Waals surface area contributed by atoms with E-state index < -0.39 is 0 Å². The highest BCUT2D eigenvalue weighted by atomic mass is 16.5. The Hall–Kier alpha value is -1.59. The molecule has 2 aliphatic rings. The first kappa shape index (κ1) is 23.1. The van der Waals surface area contributed by atoms with Crippen molar-refractivity contribution in [3.8, 4) is 5.75 Å². The van der Waals surface area contributed by atoms with Gasteiger partial charge >= 0.3 is 5.97 Å². The first-order valence-corrected chi connectivity index (χ1v) is 12.1. The topological polar surface area (TPSA) is 42.0 Å². The zero-order chi connectivity index (χ0) is 21.0. The molecule has 5 nitrogen and oxygen atoms in total. The first-order valence-electron chi connectivity index (χ1n) is 12.1. The summed E-state index contributed by atoms with van der Waals surface area (Å²) in [6.07, 6.45) is 10.8. The molecule has 1 aromatic carbocycles. The van der Waals surface area contributed by atoms with Crippen LogP contribution in [0.15, 0.2) is 18.2 Å². The Morgan fingerprint density at radius 3 is 2.23 bits per heavy atom. The van der Waals surface area contributed by atoms with Gasteiger partial charge in [-0.3, -0.25) is 4.90 Å². The molecule has 2 saturated heterocycles. The minimum Gasteiger partial charge on any atom is -0.494 e. The molecule has 30 heavy (non-hydrogen) atoms. The quantitative estimate of drug-likeness (QED) is 0.391. The first-order chi connectivity index (χ1) is 14.8. The molecule has 0 saturated carbocycles. The highest BCUT2D eigenvalue weighted by Gasteiger charge is 2.17. The van der Waals surface area contributed by atoms with Gasteiger partial charge in [0.2, 0.25) is 0 Å². The van der Waals surface area contributed by atoms with E-state index in [1.54, 1.807) is 0 Å². The summed E-state index contributed by atoms with van der Waals surface area (Å²) in [5.41, 5.74) is 1.76. The van der Waals surface area contributed by atoms with Crippen LogP contribution >= 0.6 is 0 Å². The lowest BCUT2D eigenvalue weighted by molar-refractivity contribution is 0.0450. The number of hydrogen-bond donors (Lipinski definition) is 0. The molecule has 0 bridgehead atoms. The van der Waals surface area contributed by atoms with Crippen LogP contribution < -0.4 is 4.74 Å². The molecule has 2 fully saturated rings. The van der Waals surface area contributed by atoms with E-state index in [4.69, 9.17) is 9.47 Å². The summed E-state index contributed by atoms with van der Waals surface area (Å²) in [6.45, 7) is 9.78. The van der Waals surface area contributed by atoms with Crippen LogP contribution in [0.2, 0.25) is 0 Å². The Bertz CT molecular complexity index is 637. The van der Waals surface area contributed by atoms with E-state index in [9.17, 15) is 4.79 Å². The second-order valence-corrected chi connectivity index (χ2v) is 8.71. The van der Waals surface area contributed by atoms with E-state index in [2.05, 4.69) is 22.8 Å². The minimum atomic E-state index is -0.194. The fraction of sp³-hybridized carbons (Fsp3) is 0.720. The molecule has 0 atom stereocenters. The smallest absolute Gasteiger partial charge is 0.338 e. The molecule has 0 radical (unpaired) electrons. The number of unbranched alkanes of at least 4 members (excludes halogenated alkanes) is 1. The second-order valence-electron chi connectivity index (χ2n) is 8.71. The molecule has 168 valence electrons. The number of piperidine rings is 2. The molecular weight excluding hydrogens is 376 g/mol. The fourth-order valence-corrected chi connectivity index (χ4v) is 4.39. The molecule has 0 aromatic heterocycles. The van der Waals surface area contributed by atoms with Crippen LogP contribution in [-0.2, 0) is 11.2 Å². The lowest BCUT2D eigenvalue weighted by Gasteiger charge is -2.27. The van der Waals surface area contributed by atoms with Crippen molar-refractivity contribution < 1.29 is 14.3 Å². The maximum absolute atomic E-state index is 12.8. The van der Waals surface area contributed by atoms with Gasteiger partial charge in [-0.25, -0.2) is 4.79 Å². The molecule has 0 spiro atoms. The third-order valence-corrected chi connectivity index (χ3v) is 6.30. The van der Waals surface area contributed by atoms with Gasteiger partial charge in [0.15, 0.2) is 0 Å². The number of benzene rings is 1. The third-order valence-electron chi connectivity index (χ3n) is 6.30. The summed E-state index contributed by atoms with van der Waals surface area (Å²) in [5, 5.41) is 0. The van der Waals surface area contributed by atoms with Crippen LogP contribution in [0.25, 0.3) is 0 Å². The zero-order valence-corrected chi connectivity index (χ0v) is 18.9. The summed E-state index contributed by atoms with van der Waals surface area (Å²) in [5.74, 6) is 0.669. The van der Waals surface area contributed by atoms with Gasteiger partial charge in [0, 0.05) is 13.1 Å². The van der Waals surface area contributed by atoms with Crippen LogP contribution in [0.3, 0.4) is 0 Å². The number of hydrogen-bond acceptors (Lipinski definition) is 5. The summed E-state index contributed by atoms with van der Waals surface area (Å²) >= 11 is 0. The Balaban J connectivity index is 1.58. The van der Waals surface area contributed by atoms with Gasteiger partial charge in [-0.15, -0.1) is 0 Å². The molecule has 5 heteroatoms. The van der Waals surface area contributed by atoms with Gasteiger partial charge in [0.1, 0.15) is 12.4 Å². The number of esters is 1. The average molecular weight is 417 g/mol. The molecule has 0 unspecified atom stereocenters. The molecule has 2 aliphatic heterocycles. The zero-order valence-electron chi connectivity index (χ0n) is 18.9. The van der Waals surface area contributed by atoms with Crippen molar-refractivity contribution >= 4 is 5.97 Å². The standard InChI is InChI=1S/C25H40N2O3/c1-2-3-19-29-23-10-11-24(22(21-23)12-17-26-13-6-4-7-14-26)25(28)30-20-18-27-15-8-5-9-16-27/h10-11,21H,2-9,12-20H2,1H3. The SMILES string of the molecule is CCCCOc1ccc(C(=O)OCCN2CCCCC2)c(CCN2CCCCC2)c1. The summed E-state index contributed by atoms with van der Waals surface area (Å²) in [7, 11) is 0. The Morgan fingerprint density at radius 2 is 1.57 bits per heavy atom. The van der Waals surface area contributed by atoms with E-state index in [-0.39, 0.29) is 5.97 Å². The normalized spacial score (nSPS) is 18.3. The Kier molecular flexibility index (Phi) is 9.97. The Labute approximate surface area is 182 Å². The number of carbonyl (C=O) groups is 1. The number of nitrogens with zero attached hydrogens (tertiary/aromatic N) is 2. The van der Waals surface area contributed by atoms with E-state index in [1.807, 2.05) is 12.1 Å². The highest BCUT2D eigenvalue weighted by molar-refractivity contribution is 5.91. The van der Waals surface area contributed by atoms with E-state index >= 15 is 0 Å². The van der Waals surface area contributed by atoms with Crippen LogP contribution in [0.5, 0.6) is 5.75 Å². The Morgan fingerprint density at radius 1 is 0.900 bits per heavy atom. The largest absolute Gasteiger partial charge is 0.494 e. The molecule has 1 aromatic rings. The summed E-state index contributed by atoms with van der Waals surface area (Å²) in [6, 6.07) is 5.87. The predicted molar refractivity (Wildman–Crippen MR) is 121 cm³/mol. The van der Waals surface area contributed by atoms with Gasteiger partial charge < -0.3 is 14.4 Å². The van der Waals surface area contributed by atoms with E-state index in [0.717, 1.165) is 63.4 Å². The maximum Gasteiger partial charge on any atom is 0.338 e. The lowest BCUT2D eigenvalue weighted by Crippen LogP contribution is -2.33. The molecule has 0 N–H and O–H groups in total. The maximum atomic E-state index is 12.8. The summed E-state index contributed by atoms with van der Waals surface area (Å²) in [4.78, 5) is 17.7. The monoisotopic (exact) mass is 416 g/mol. The third kappa shape index (κ3) is 7.59. The molecule has 2 heterocycles. The predicted octanol–water partition coefficient (Wildman–Crippen LogP) is 4.54. The van der Waals surface area contributed by atoms with Crippen molar-refractivity contribution in [1.82, 2.24) is 9.80 Å². The van der Waals surface area contributed by atoms with Crippen molar-refractivity contribution in [3.05, 3.63) is 29.3 Å². The lowest BCUT2D eigenvalue weighted by atomic mass is 10.0. The number of carbonyl (C=O) groups excluding carboxylic acids is 1.